The van der Waals surface area contributed by atoms with E-state index < -0.39 is 0 Å². The van der Waals surface area contributed by atoms with E-state index >= 15 is 0 Å². The van der Waals surface area contributed by atoms with Crippen molar-refractivity contribution in [3.05, 3.63) is 78.4 Å². The highest BCUT2D eigenvalue weighted by atomic mass is 14.8. The summed E-state index contributed by atoms with van der Waals surface area (Å²) in [5.41, 5.74) is 2.62. The topological polar surface area (TPSA) is 38.1 Å². The normalized spacial score (nSPS) is 11.7. The van der Waals surface area contributed by atoms with Crippen molar-refractivity contribution in [1.82, 2.24) is 9.97 Å². The number of aromatic nitrogens is 2. The molecule has 0 aliphatic rings. The first kappa shape index (κ1) is 12.9. The molecule has 0 aliphatic heterocycles. The molecule has 0 saturated carbocycles. The fourth-order valence-electron chi connectivity index (χ4n) is 1.60. The molecule has 0 saturated heterocycles. The molecule has 0 atom stereocenters. The van der Waals surface area contributed by atoms with Crippen molar-refractivity contribution in [3.63, 3.8) is 0 Å². The third-order valence-electron chi connectivity index (χ3n) is 2.54. The smallest absolute Gasteiger partial charge is 0.0885 e. The summed E-state index contributed by atoms with van der Waals surface area (Å²) in [6.07, 6.45) is 10.2. The predicted octanol–water partition coefficient (Wildman–Crippen LogP) is 3.32. The third kappa shape index (κ3) is 4.00. The Morgan fingerprint density at radius 1 is 1.11 bits per heavy atom. The molecule has 2 rings (SSSR count). The molecule has 94 valence electrons. The van der Waals surface area contributed by atoms with E-state index in [9.17, 15) is 0 Å². The van der Waals surface area contributed by atoms with Gasteiger partial charge in [0, 0.05) is 24.5 Å². The van der Waals surface area contributed by atoms with Crippen LogP contribution in [0.1, 0.15) is 11.4 Å². The number of nitrogens with zero attached hydrogens (tertiary/aromatic N) is 3. The highest BCUT2D eigenvalue weighted by Gasteiger charge is 1.96. The van der Waals surface area contributed by atoms with Crippen LogP contribution in [0.3, 0.4) is 0 Å². The SMILES string of the molecule is C=N/C(=C\C=C/Cc1ccccn1)c1ccccn1. The van der Waals surface area contributed by atoms with E-state index in [-0.39, 0.29) is 0 Å². The van der Waals surface area contributed by atoms with Crippen molar-refractivity contribution in [2.24, 2.45) is 4.99 Å². The molecule has 0 bridgehead atoms. The quantitative estimate of drug-likeness (QED) is 0.602. The third-order valence-corrected chi connectivity index (χ3v) is 2.54. The first-order valence-corrected chi connectivity index (χ1v) is 6.05. The van der Waals surface area contributed by atoms with Crippen LogP contribution in [0.15, 0.2) is 72.0 Å². The van der Waals surface area contributed by atoms with Gasteiger partial charge in [-0.3, -0.25) is 15.0 Å². The zero-order chi connectivity index (χ0) is 13.3. The van der Waals surface area contributed by atoms with E-state index in [4.69, 9.17) is 0 Å². The van der Waals surface area contributed by atoms with Gasteiger partial charge in [0.05, 0.1) is 11.4 Å². The van der Waals surface area contributed by atoms with Crippen LogP contribution in [-0.2, 0) is 6.42 Å². The Hall–Kier alpha value is -2.55. The minimum atomic E-state index is 0.762. The summed E-state index contributed by atoms with van der Waals surface area (Å²) in [6.45, 7) is 3.57. The van der Waals surface area contributed by atoms with Gasteiger partial charge in [-0.15, -0.1) is 0 Å². The Morgan fingerprint density at radius 2 is 1.89 bits per heavy atom. The maximum Gasteiger partial charge on any atom is 0.0885 e. The summed E-state index contributed by atoms with van der Waals surface area (Å²) in [5, 5.41) is 0. The molecular weight excluding hydrogens is 234 g/mol. The Kier molecular flexibility index (Phi) is 4.76. The number of hydrogen-bond donors (Lipinski definition) is 0. The minimum Gasteiger partial charge on any atom is -0.262 e. The van der Waals surface area contributed by atoms with E-state index in [1.54, 1.807) is 12.4 Å². The lowest BCUT2D eigenvalue weighted by molar-refractivity contribution is 1.11. The first-order valence-electron chi connectivity index (χ1n) is 6.05. The second-order valence-corrected chi connectivity index (χ2v) is 3.88. The molecule has 2 heterocycles. The van der Waals surface area contributed by atoms with E-state index in [0.717, 1.165) is 23.5 Å². The summed E-state index contributed by atoms with van der Waals surface area (Å²) < 4.78 is 0. The monoisotopic (exact) mass is 249 g/mol. The zero-order valence-corrected chi connectivity index (χ0v) is 10.6. The minimum absolute atomic E-state index is 0.762. The van der Waals surface area contributed by atoms with Crippen LogP contribution >= 0.6 is 0 Å². The van der Waals surface area contributed by atoms with Crippen molar-refractivity contribution in [2.75, 3.05) is 0 Å². The van der Waals surface area contributed by atoms with Crippen molar-refractivity contribution in [3.8, 4) is 0 Å². The van der Waals surface area contributed by atoms with Crippen molar-refractivity contribution >= 4 is 12.4 Å². The van der Waals surface area contributed by atoms with Crippen LogP contribution in [0.5, 0.6) is 0 Å². The molecule has 2 aromatic rings. The van der Waals surface area contributed by atoms with E-state index in [0.29, 0.717) is 0 Å². The van der Waals surface area contributed by atoms with Gasteiger partial charge in [-0.2, -0.15) is 0 Å². The van der Waals surface area contributed by atoms with Crippen LogP contribution in [-0.4, -0.2) is 16.7 Å². The second kappa shape index (κ2) is 7.01. The van der Waals surface area contributed by atoms with Crippen molar-refractivity contribution in [1.29, 1.82) is 0 Å². The Labute approximate surface area is 113 Å². The molecule has 3 nitrogen and oxygen atoms in total. The van der Waals surface area contributed by atoms with Gasteiger partial charge in [0.1, 0.15) is 0 Å². The Bertz CT molecular complexity index is 571. The van der Waals surface area contributed by atoms with Gasteiger partial charge in [-0.1, -0.05) is 24.3 Å². The molecule has 0 fully saturated rings. The summed E-state index contributed by atoms with van der Waals surface area (Å²) in [4.78, 5) is 12.5. The molecule has 3 heteroatoms. The number of aliphatic imine (C=N–C) groups is 1. The summed E-state index contributed by atoms with van der Waals surface area (Å²) >= 11 is 0. The van der Waals surface area contributed by atoms with Gasteiger partial charge in [0.2, 0.25) is 0 Å². The molecule has 0 unspecified atom stereocenters. The number of pyridine rings is 2. The number of rotatable bonds is 5. The second-order valence-electron chi connectivity index (χ2n) is 3.88. The van der Waals surface area contributed by atoms with Gasteiger partial charge in [0.25, 0.3) is 0 Å². The van der Waals surface area contributed by atoms with Crippen LogP contribution in [0, 0.1) is 0 Å². The van der Waals surface area contributed by atoms with Crippen molar-refractivity contribution in [2.45, 2.75) is 6.42 Å². The standard InChI is InChI=1S/C16H15N3/c1-17-15(16-11-5-7-13-19-16)10-3-2-8-14-9-4-6-12-18-14/h2-7,9-13H,1,8H2/b3-2-,15-10-. The first-order chi connectivity index (χ1) is 9.40. The molecule has 0 aromatic carbocycles. The Morgan fingerprint density at radius 3 is 2.53 bits per heavy atom. The molecule has 0 aliphatic carbocycles. The molecular formula is C16H15N3. The van der Waals surface area contributed by atoms with Crippen molar-refractivity contribution < 1.29 is 0 Å². The lowest BCUT2D eigenvalue weighted by Crippen LogP contribution is -1.85. The largest absolute Gasteiger partial charge is 0.262 e. The predicted molar refractivity (Wildman–Crippen MR) is 78.8 cm³/mol. The Balaban J connectivity index is 2.02. The lowest BCUT2D eigenvalue weighted by atomic mass is 10.2. The van der Waals surface area contributed by atoms with Crippen LogP contribution < -0.4 is 0 Å². The molecule has 19 heavy (non-hydrogen) atoms. The lowest BCUT2D eigenvalue weighted by Gasteiger charge is -1.98. The maximum atomic E-state index is 4.25. The van der Waals surface area contributed by atoms with Gasteiger partial charge >= 0.3 is 0 Å². The van der Waals surface area contributed by atoms with Gasteiger partial charge in [-0.05, 0) is 37.1 Å². The van der Waals surface area contributed by atoms with Crippen LogP contribution in [0.25, 0.3) is 5.70 Å². The number of allylic oxidation sites excluding steroid dienone is 3. The fourth-order valence-corrected chi connectivity index (χ4v) is 1.60. The van der Waals surface area contributed by atoms with Crippen LogP contribution in [0.2, 0.25) is 0 Å². The van der Waals surface area contributed by atoms with Gasteiger partial charge in [-0.25, -0.2) is 0 Å². The molecule has 0 spiro atoms. The molecule has 0 radical (unpaired) electrons. The maximum absolute atomic E-state index is 4.25. The number of hydrogen-bond acceptors (Lipinski definition) is 3. The zero-order valence-electron chi connectivity index (χ0n) is 10.6. The highest BCUT2D eigenvalue weighted by Crippen LogP contribution is 2.11. The highest BCUT2D eigenvalue weighted by molar-refractivity contribution is 5.66. The molecule has 2 aromatic heterocycles. The average Bonchev–Trinajstić information content (AvgIpc) is 2.49. The van der Waals surface area contributed by atoms with Gasteiger partial charge in [0.15, 0.2) is 0 Å². The van der Waals surface area contributed by atoms with E-state index in [2.05, 4.69) is 21.7 Å². The average molecular weight is 249 g/mol. The summed E-state index contributed by atoms with van der Waals surface area (Å²) in [7, 11) is 0. The summed E-state index contributed by atoms with van der Waals surface area (Å²) in [6, 6.07) is 11.6. The fraction of sp³-hybridized carbons (Fsp3) is 0.0625. The van der Waals surface area contributed by atoms with E-state index in [1.807, 2.05) is 54.6 Å². The molecule has 0 amide bonds. The van der Waals surface area contributed by atoms with Crippen LogP contribution in [0.4, 0.5) is 0 Å². The summed E-state index contributed by atoms with van der Waals surface area (Å²) in [5.74, 6) is 0. The molecule has 0 N–H and O–H groups in total. The van der Waals surface area contributed by atoms with E-state index in [1.165, 1.54) is 0 Å². The van der Waals surface area contributed by atoms with Gasteiger partial charge < -0.3 is 0 Å².